The van der Waals surface area contributed by atoms with Crippen molar-refractivity contribution in [1.82, 2.24) is 10.2 Å². The van der Waals surface area contributed by atoms with E-state index >= 15 is 0 Å². The fourth-order valence-corrected chi connectivity index (χ4v) is 2.65. The highest BCUT2D eigenvalue weighted by Crippen LogP contribution is 2.29. The van der Waals surface area contributed by atoms with Gasteiger partial charge in [-0.2, -0.15) is 0 Å². The van der Waals surface area contributed by atoms with Crippen LogP contribution >= 0.6 is 0 Å². The first-order chi connectivity index (χ1) is 8.56. The summed E-state index contributed by atoms with van der Waals surface area (Å²) in [7, 11) is 0. The molecule has 2 aliphatic rings. The molecule has 1 fully saturated rings. The van der Waals surface area contributed by atoms with Crippen LogP contribution in [0.5, 0.6) is 0 Å². The van der Waals surface area contributed by atoms with Crippen LogP contribution < -0.4 is 11.1 Å². The van der Waals surface area contributed by atoms with Crippen molar-refractivity contribution in [3.63, 3.8) is 0 Å². The Morgan fingerprint density at radius 1 is 1.44 bits per heavy atom. The van der Waals surface area contributed by atoms with E-state index in [0.717, 1.165) is 13.1 Å². The first kappa shape index (κ1) is 13.1. The SMILES string of the molecule is CC(C)C1(N2CCCCC2)N=CC(C(N)=O)=CN1. The highest BCUT2D eigenvalue weighted by atomic mass is 16.1. The zero-order valence-electron chi connectivity index (χ0n) is 11.1. The smallest absolute Gasteiger partial charge is 0.251 e. The van der Waals surface area contributed by atoms with Crippen LogP contribution in [0.1, 0.15) is 33.1 Å². The molecule has 0 aromatic rings. The summed E-state index contributed by atoms with van der Waals surface area (Å²) in [5, 5.41) is 3.30. The summed E-state index contributed by atoms with van der Waals surface area (Å²) in [6.07, 6.45) is 7.00. The van der Waals surface area contributed by atoms with Gasteiger partial charge in [0.2, 0.25) is 0 Å². The van der Waals surface area contributed by atoms with Gasteiger partial charge in [0, 0.05) is 31.4 Å². The molecule has 1 atom stereocenters. The lowest BCUT2D eigenvalue weighted by atomic mass is 9.98. The molecule has 1 unspecified atom stereocenters. The number of nitrogens with one attached hydrogen (secondary N) is 1. The number of aliphatic imine (C=N–C) groups is 1. The van der Waals surface area contributed by atoms with Crippen LogP contribution in [0.15, 0.2) is 16.8 Å². The van der Waals surface area contributed by atoms with Crippen molar-refractivity contribution in [3.8, 4) is 0 Å². The molecule has 18 heavy (non-hydrogen) atoms. The van der Waals surface area contributed by atoms with E-state index in [9.17, 15) is 4.79 Å². The Labute approximate surface area is 108 Å². The second-order valence-electron chi connectivity index (χ2n) is 5.30. The number of carbonyl (C=O) groups is 1. The van der Waals surface area contributed by atoms with Crippen molar-refractivity contribution in [2.75, 3.05) is 13.1 Å². The summed E-state index contributed by atoms with van der Waals surface area (Å²) in [5.41, 5.74) is 5.69. The molecule has 2 aliphatic heterocycles. The third kappa shape index (κ3) is 2.27. The maximum atomic E-state index is 11.1. The lowest BCUT2D eigenvalue weighted by Crippen LogP contribution is -2.62. The van der Waals surface area contributed by atoms with Crippen LogP contribution in [0.4, 0.5) is 0 Å². The standard InChI is InChI=1S/C13H22N4O/c1-10(2)13(17-6-4-3-5-7-17)15-8-11(9-16-13)12(14)18/h8-10,15H,3-7H2,1-2H3,(H2,14,18). The number of carbonyl (C=O) groups excluding carboxylic acids is 1. The van der Waals surface area contributed by atoms with E-state index in [2.05, 4.69) is 29.1 Å². The van der Waals surface area contributed by atoms with Crippen molar-refractivity contribution < 1.29 is 4.79 Å². The van der Waals surface area contributed by atoms with Gasteiger partial charge in [-0.05, 0) is 12.8 Å². The second kappa shape index (κ2) is 5.10. The first-order valence-corrected chi connectivity index (χ1v) is 6.64. The Kier molecular flexibility index (Phi) is 3.71. The molecule has 1 amide bonds. The summed E-state index contributed by atoms with van der Waals surface area (Å²) in [5.74, 6) is -0.542. The van der Waals surface area contributed by atoms with Crippen LogP contribution in [0.2, 0.25) is 0 Å². The number of amides is 1. The third-order valence-electron chi connectivity index (χ3n) is 3.77. The number of piperidine rings is 1. The molecule has 0 aliphatic carbocycles. The van der Waals surface area contributed by atoms with E-state index in [1.807, 2.05) is 0 Å². The predicted molar refractivity (Wildman–Crippen MR) is 71.9 cm³/mol. The van der Waals surface area contributed by atoms with Gasteiger partial charge in [0.25, 0.3) is 5.91 Å². The number of primary amides is 1. The van der Waals surface area contributed by atoms with Crippen molar-refractivity contribution in [2.45, 2.75) is 38.9 Å². The molecular formula is C13H22N4O. The van der Waals surface area contributed by atoms with Gasteiger partial charge in [-0.15, -0.1) is 0 Å². The van der Waals surface area contributed by atoms with E-state index in [4.69, 9.17) is 5.73 Å². The largest absolute Gasteiger partial charge is 0.366 e. The van der Waals surface area contributed by atoms with E-state index in [1.54, 1.807) is 12.4 Å². The Morgan fingerprint density at radius 2 is 2.11 bits per heavy atom. The fraction of sp³-hybridized carbons (Fsp3) is 0.692. The van der Waals surface area contributed by atoms with Gasteiger partial charge in [-0.25, -0.2) is 4.99 Å². The Bertz CT molecular complexity index is 382. The highest BCUT2D eigenvalue weighted by Gasteiger charge is 2.40. The van der Waals surface area contributed by atoms with E-state index in [0.29, 0.717) is 11.5 Å². The molecule has 0 spiro atoms. The summed E-state index contributed by atoms with van der Waals surface area (Å²) < 4.78 is 0. The van der Waals surface area contributed by atoms with Crippen LogP contribution in [-0.2, 0) is 4.79 Å². The molecule has 100 valence electrons. The lowest BCUT2D eigenvalue weighted by Gasteiger charge is -2.46. The average molecular weight is 250 g/mol. The quantitative estimate of drug-likeness (QED) is 0.779. The van der Waals surface area contributed by atoms with Gasteiger partial charge in [-0.1, -0.05) is 20.3 Å². The minimum absolute atomic E-state index is 0.317. The molecule has 5 nitrogen and oxygen atoms in total. The normalized spacial score (nSPS) is 28.9. The zero-order valence-corrected chi connectivity index (χ0v) is 11.1. The minimum atomic E-state index is -0.442. The van der Waals surface area contributed by atoms with Crippen LogP contribution in [0, 0.1) is 5.92 Å². The predicted octanol–water partition coefficient (Wildman–Crippen LogP) is 0.825. The molecule has 2 rings (SSSR count). The summed E-state index contributed by atoms with van der Waals surface area (Å²) in [6, 6.07) is 0. The van der Waals surface area contributed by atoms with Gasteiger partial charge in [0.05, 0.1) is 5.57 Å². The molecular weight excluding hydrogens is 228 g/mol. The molecule has 5 heteroatoms. The Morgan fingerprint density at radius 3 is 2.56 bits per heavy atom. The first-order valence-electron chi connectivity index (χ1n) is 6.64. The molecule has 0 radical (unpaired) electrons. The van der Waals surface area contributed by atoms with Gasteiger partial charge in [0.1, 0.15) is 0 Å². The third-order valence-corrected chi connectivity index (χ3v) is 3.77. The maximum absolute atomic E-state index is 11.1. The maximum Gasteiger partial charge on any atom is 0.251 e. The van der Waals surface area contributed by atoms with Gasteiger partial charge in [-0.3, -0.25) is 9.69 Å². The second-order valence-corrected chi connectivity index (χ2v) is 5.30. The van der Waals surface area contributed by atoms with Crippen molar-refractivity contribution >= 4 is 12.1 Å². The van der Waals surface area contributed by atoms with Gasteiger partial charge < -0.3 is 11.1 Å². The lowest BCUT2D eigenvalue weighted by molar-refractivity contribution is -0.114. The summed E-state index contributed by atoms with van der Waals surface area (Å²) in [4.78, 5) is 18.1. The molecule has 0 bridgehead atoms. The number of hydrogen-bond donors (Lipinski definition) is 2. The number of nitrogens with zero attached hydrogens (tertiary/aromatic N) is 2. The van der Waals surface area contributed by atoms with Crippen LogP contribution in [-0.4, -0.2) is 35.9 Å². The molecule has 0 aromatic carbocycles. The van der Waals surface area contributed by atoms with Gasteiger partial charge in [0.15, 0.2) is 5.79 Å². The summed E-state index contributed by atoms with van der Waals surface area (Å²) >= 11 is 0. The Hall–Kier alpha value is -1.36. The Balaban J connectivity index is 2.20. The topological polar surface area (TPSA) is 70.7 Å². The molecule has 1 saturated heterocycles. The molecule has 0 aromatic heterocycles. The van der Waals surface area contributed by atoms with Crippen LogP contribution in [0.3, 0.4) is 0 Å². The molecule has 2 heterocycles. The van der Waals surface area contributed by atoms with E-state index in [1.165, 1.54) is 19.3 Å². The van der Waals surface area contributed by atoms with E-state index < -0.39 is 11.7 Å². The van der Waals surface area contributed by atoms with E-state index in [-0.39, 0.29) is 0 Å². The number of hydrogen-bond acceptors (Lipinski definition) is 4. The molecule has 3 N–H and O–H groups in total. The zero-order chi connectivity index (χ0) is 13.2. The number of rotatable bonds is 3. The molecule has 0 saturated carbocycles. The number of likely N-dealkylation sites (tertiary alicyclic amines) is 1. The fourth-order valence-electron chi connectivity index (χ4n) is 2.65. The highest BCUT2D eigenvalue weighted by molar-refractivity contribution is 6.11. The number of nitrogens with two attached hydrogens (primary N) is 1. The van der Waals surface area contributed by atoms with Crippen LogP contribution in [0.25, 0.3) is 0 Å². The van der Waals surface area contributed by atoms with Crippen molar-refractivity contribution in [3.05, 3.63) is 11.8 Å². The minimum Gasteiger partial charge on any atom is -0.366 e. The summed E-state index contributed by atoms with van der Waals surface area (Å²) in [6.45, 7) is 6.37. The van der Waals surface area contributed by atoms with Crippen molar-refractivity contribution in [1.29, 1.82) is 0 Å². The average Bonchev–Trinajstić information content (AvgIpc) is 2.39. The van der Waals surface area contributed by atoms with Crippen molar-refractivity contribution in [2.24, 2.45) is 16.6 Å². The monoisotopic (exact) mass is 250 g/mol. The van der Waals surface area contributed by atoms with Gasteiger partial charge >= 0.3 is 0 Å².